The van der Waals surface area contributed by atoms with Crippen LogP contribution in [0.4, 0.5) is 0 Å². The van der Waals surface area contributed by atoms with E-state index in [-0.39, 0.29) is 0 Å². The molecule has 0 aromatic carbocycles. The summed E-state index contributed by atoms with van der Waals surface area (Å²) in [6.45, 7) is 6.98. The monoisotopic (exact) mass is 398 g/mol. The fourth-order valence-electron chi connectivity index (χ4n) is 4.16. The van der Waals surface area contributed by atoms with Crippen LogP contribution in [0.15, 0.2) is 0 Å². The second-order valence-electron chi connectivity index (χ2n) is 9.18. The summed E-state index contributed by atoms with van der Waals surface area (Å²) in [4.78, 5) is 0. The Kier molecular flexibility index (Phi) is 21.5. The highest BCUT2D eigenvalue weighted by Crippen LogP contribution is 2.32. The maximum atomic E-state index is 3.12. The highest BCUT2D eigenvalue weighted by atomic mass is 31.0. The van der Waals surface area contributed by atoms with Crippen molar-refractivity contribution >= 4 is 9.24 Å². The van der Waals surface area contributed by atoms with Crippen LogP contribution in [0.5, 0.6) is 0 Å². The zero-order chi connectivity index (χ0) is 20.1. The van der Waals surface area contributed by atoms with Crippen molar-refractivity contribution in [2.24, 2.45) is 0 Å². The zero-order valence-electron chi connectivity index (χ0n) is 19.6. The molecule has 0 aromatic rings. The summed E-state index contributed by atoms with van der Waals surface area (Å²) in [7, 11) is 3.12. The van der Waals surface area contributed by atoms with Crippen LogP contribution in [-0.4, -0.2) is 5.16 Å². The van der Waals surface area contributed by atoms with E-state index in [0.29, 0.717) is 5.16 Å². The number of hydrogen-bond acceptors (Lipinski definition) is 0. The quantitative estimate of drug-likeness (QED) is 0.126. The zero-order valence-corrected chi connectivity index (χ0v) is 20.8. The van der Waals surface area contributed by atoms with Crippen molar-refractivity contribution in [1.29, 1.82) is 0 Å². The van der Waals surface area contributed by atoms with Crippen molar-refractivity contribution in [2.45, 2.75) is 167 Å². The molecule has 1 atom stereocenters. The average Bonchev–Trinajstić information content (AvgIpc) is 2.69. The standard InChI is InChI=1S/C26H55P/c1-4-7-8-9-10-11-12-13-14-15-16-17-18-19-20-21-22-23-24-25-26(27,5-2)6-3/h4-25,27H2,1-3H3. The third kappa shape index (κ3) is 19.5. The van der Waals surface area contributed by atoms with E-state index in [1.165, 1.54) is 141 Å². The topological polar surface area (TPSA) is 0 Å². The summed E-state index contributed by atoms with van der Waals surface area (Å²) in [5.41, 5.74) is 0. The molecule has 0 spiro atoms. The summed E-state index contributed by atoms with van der Waals surface area (Å²) in [5, 5.41) is 0.536. The molecule has 0 aliphatic rings. The smallest absolute Gasteiger partial charge is 0.0155 e. The Morgan fingerprint density at radius 2 is 0.667 bits per heavy atom. The predicted octanol–water partition coefficient (Wildman–Crippen LogP) is 10.2. The van der Waals surface area contributed by atoms with Gasteiger partial charge in [-0.05, 0) is 24.4 Å². The van der Waals surface area contributed by atoms with Gasteiger partial charge in [0.1, 0.15) is 0 Å². The largest absolute Gasteiger partial charge is 0.131 e. The molecule has 0 aliphatic carbocycles. The first-order valence-corrected chi connectivity index (χ1v) is 13.5. The van der Waals surface area contributed by atoms with Crippen LogP contribution in [0.25, 0.3) is 0 Å². The van der Waals surface area contributed by atoms with E-state index in [0.717, 1.165) is 0 Å². The molecule has 0 N–H and O–H groups in total. The van der Waals surface area contributed by atoms with E-state index in [4.69, 9.17) is 0 Å². The van der Waals surface area contributed by atoms with Gasteiger partial charge in [0.15, 0.2) is 0 Å². The highest BCUT2D eigenvalue weighted by Gasteiger charge is 2.18. The Bertz CT molecular complexity index is 269. The minimum absolute atomic E-state index is 0.536. The first-order chi connectivity index (χ1) is 13.2. The first kappa shape index (κ1) is 27.4. The van der Waals surface area contributed by atoms with Crippen molar-refractivity contribution in [3.8, 4) is 0 Å². The molecular formula is C26H55P. The van der Waals surface area contributed by atoms with Crippen LogP contribution in [0.3, 0.4) is 0 Å². The van der Waals surface area contributed by atoms with Crippen molar-refractivity contribution in [1.82, 2.24) is 0 Å². The van der Waals surface area contributed by atoms with Crippen LogP contribution < -0.4 is 0 Å². The van der Waals surface area contributed by atoms with Crippen LogP contribution in [0, 0.1) is 0 Å². The Balaban J connectivity index is 3.11. The fourth-order valence-corrected chi connectivity index (χ4v) is 4.36. The van der Waals surface area contributed by atoms with Crippen LogP contribution >= 0.6 is 9.24 Å². The molecule has 0 aromatic heterocycles. The lowest BCUT2D eigenvalue weighted by molar-refractivity contribution is 0.465. The van der Waals surface area contributed by atoms with Gasteiger partial charge in [-0.1, -0.05) is 143 Å². The Morgan fingerprint density at radius 1 is 0.407 bits per heavy atom. The minimum atomic E-state index is 0.536. The van der Waals surface area contributed by atoms with Gasteiger partial charge in [-0.3, -0.25) is 0 Å². The van der Waals surface area contributed by atoms with E-state index in [1.54, 1.807) is 0 Å². The molecule has 0 saturated carbocycles. The van der Waals surface area contributed by atoms with E-state index < -0.39 is 0 Å². The van der Waals surface area contributed by atoms with E-state index >= 15 is 0 Å². The molecule has 0 radical (unpaired) electrons. The summed E-state index contributed by atoms with van der Waals surface area (Å²) in [6.07, 6.45) is 31.9. The SMILES string of the molecule is CCCCCCCCCCCCCCCCCCCCCC(P)(CC)CC. The maximum absolute atomic E-state index is 3.12. The second-order valence-corrected chi connectivity index (χ2v) is 10.4. The molecule has 164 valence electrons. The summed E-state index contributed by atoms with van der Waals surface area (Å²) < 4.78 is 0. The molecule has 0 amide bonds. The van der Waals surface area contributed by atoms with Gasteiger partial charge >= 0.3 is 0 Å². The van der Waals surface area contributed by atoms with Crippen molar-refractivity contribution in [3.63, 3.8) is 0 Å². The minimum Gasteiger partial charge on any atom is -0.131 e. The van der Waals surface area contributed by atoms with Gasteiger partial charge in [-0.25, -0.2) is 0 Å². The van der Waals surface area contributed by atoms with E-state index in [2.05, 4.69) is 30.0 Å². The summed E-state index contributed by atoms with van der Waals surface area (Å²) in [6, 6.07) is 0. The van der Waals surface area contributed by atoms with Crippen LogP contribution in [0.2, 0.25) is 0 Å². The molecule has 0 aliphatic heterocycles. The van der Waals surface area contributed by atoms with Crippen molar-refractivity contribution < 1.29 is 0 Å². The second kappa shape index (κ2) is 21.1. The molecule has 27 heavy (non-hydrogen) atoms. The van der Waals surface area contributed by atoms with E-state index in [1.807, 2.05) is 0 Å². The number of hydrogen-bond donors (Lipinski definition) is 0. The Labute approximate surface area is 176 Å². The third-order valence-electron chi connectivity index (χ3n) is 6.69. The lowest BCUT2D eigenvalue weighted by atomic mass is 9.94. The molecular weight excluding hydrogens is 343 g/mol. The van der Waals surface area contributed by atoms with Crippen LogP contribution in [-0.2, 0) is 0 Å². The van der Waals surface area contributed by atoms with Gasteiger partial charge in [0.05, 0.1) is 0 Å². The van der Waals surface area contributed by atoms with Gasteiger partial charge in [-0.2, -0.15) is 0 Å². The Morgan fingerprint density at radius 3 is 0.926 bits per heavy atom. The molecule has 1 heteroatoms. The average molecular weight is 399 g/mol. The summed E-state index contributed by atoms with van der Waals surface area (Å²) in [5.74, 6) is 0. The summed E-state index contributed by atoms with van der Waals surface area (Å²) >= 11 is 0. The van der Waals surface area contributed by atoms with Gasteiger partial charge in [-0.15, -0.1) is 9.24 Å². The van der Waals surface area contributed by atoms with Gasteiger partial charge in [0.25, 0.3) is 0 Å². The van der Waals surface area contributed by atoms with Crippen molar-refractivity contribution in [2.75, 3.05) is 0 Å². The Hall–Kier alpha value is 0.430. The van der Waals surface area contributed by atoms with Crippen LogP contribution in [0.1, 0.15) is 162 Å². The molecule has 1 unspecified atom stereocenters. The van der Waals surface area contributed by atoms with Gasteiger partial charge in [0.2, 0.25) is 0 Å². The highest BCUT2D eigenvalue weighted by molar-refractivity contribution is 7.18. The number of unbranched alkanes of at least 4 members (excludes halogenated alkanes) is 18. The number of rotatable bonds is 22. The maximum Gasteiger partial charge on any atom is -0.0155 e. The molecule has 0 rings (SSSR count). The lowest BCUT2D eigenvalue weighted by Gasteiger charge is -2.26. The van der Waals surface area contributed by atoms with Gasteiger partial charge in [0, 0.05) is 0 Å². The molecule has 0 nitrogen and oxygen atoms in total. The molecule has 0 saturated heterocycles. The molecule has 0 bridgehead atoms. The van der Waals surface area contributed by atoms with E-state index in [9.17, 15) is 0 Å². The van der Waals surface area contributed by atoms with Crippen molar-refractivity contribution in [3.05, 3.63) is 0 Å². The first-order valence-electron chi connectivity index (χ1n) is 13.0. The third-order valence-corrected chi connectivity index (χ3v) is 7.79. The normalized spacial score (nSPS) is 12.0. The predicted molar refractivity (Wildman–Crippen MR) is 131 cm³/mol. The fraction of sp³-hybridized carbons (Fsp3) is 1.00. The molecule has 0 heterocycles. The lowest BCUT2D eigenvalue weighted by Crippen LogP contribution is -2.17. The molecule has 0 fully saturated rings. The van der Waals surface area contributed by atoms with Gasteiger partial charge < -0.3 is 0 Å².